The molecule has 3 heterocycles. The van der Waals surface area contributed by atoms with Gasteiger partial charge in [-0.2, -0.15) is 0 Å². The highest BCUT2D eigenvalue weighted by atomic mass is 32.1. The Morgan fingerprint density at radius 1 is 1.15 bits per heavy atom. The standard InChI is InChI=1S/C27H38N2O3S/c1-18-7-9-19(10-8-18)17-29(22-13-14-28-21(15-22)11-12-25(28)30)23-16-24(33-26(23)27(31)32)20-5-3-2-4-6-20/h5,16,18-19,21-22H,2-4,6-15,17H2,1H3,(H,31,32). The fraction of sp³-hybridized carbons (Fsp3) is 0.704. The van der Waals surface area contributed by atoms with Crippen molar-refractivity contribution in [3.8, 4) is 0 Å². The third kappa shape index (κ3) is 4.87. The van der Waals surface area contributed by atoms with Gasteiger partial charge in [0.05, 0.1) is 5.69 Å². The van der Waals surface area contributed by atoms with Crippen LogP contribution in [0.2, 0.25) is 0 Å². The van der Waals surface area contributed by atoms with E-state index >= 15 is 0 Å². The van der Waals surface area contributed by atoms with Crippen LogP contribution in [-0.4, -0.2) is 47.1 Å². The first-order valence-corrected chi connectivity index (χ1v) is 13.9. The molecule has 2 aliphatic carbocycles. The van der Waals surface area contributed by atoms with Crippen LogP contribution in [0.3, 0.4) is 0 Å². The maximum Gasteiger partial charge on any atom is 0.348 e. The van der Waals surface area contributed by atoms with Gasteiger partial charge in [0.2, 0.25) is 5.91 Å². The van der Waals surface area contributed by atoms with Crippen LogP contribution >= 0.6 is 11.3 Å². The number of carboxylic acids is 1. The molecule has 2 aliphatic heterocycles. The highest BCUT2D eigenvalue weighted by Gasteiger charge is 2.40. The number of amides is 1. The Kier molecular flexibility index (Phi) is 6.82. The van der Waals surface area contributed by atoms with E-state index in [9.17, 15) is 14.7 Å². The molecule has 2 atom stereocenters. The third-order valence-corrected chi connectivity index (χ3v) is 9.74. The third-order valence-electron chi connectivity index (χ3n) is 8.55. The lowest BCUT2D eigenvalue weighted by Crippen LogP contribution is -2.50. The van der Waals surface area contributed by atoms with Gasteiger partial charge in [-0.3, -0.25) is 4.79 Å². The first kappa shape index (κ1) is 22.9. The molecule has 0 radical (unpaired) electrons. The largest absolute Gasteiger partial charge is 0.477 e. The summed E-state index contributed by atoms with van der Waals surface area (Å²) in [6.45, 7) is 4.12. The van der Waals surface area contributed by atoms with Crippen LogP contribution in [0.1, 0.15) is 98.5 Å². The summed E-state index contributed by atoms with van der Waals surface area (Å²) in [6, 6.07) is 2.85. The van der Waals surface area contributed by atoms with E-state index in [0.717, 1.165) is 61.7 Å². The lowest BCUT2D eigenvalue weighted by Gasteiger charge is -2.43. The van der Waals surface area contributed by atoms with Crippen LogP contribution in [0, 0.1) is 11.8 Å². The predicted octanol–water partition coefficient (Wildman–Crippen LogP) is 6.19. The summed E-state index contributed by atoms with van der Waals surface area (Å²) in [5, 5.41) is 10.2. The van der Waals surface area contributed by atoms with Crippen molar-refractivity contribution in [2.75, 3.05) is 18.0 Å². The highest BCUT2D eigenvalue weighted by molar-refractivity contribution is 7.15. The van der Waals surface area contributed by atoms with Crippen LogP contribution in [0.4, 0.5) is 5.69 Å². The molecule has 1 aromatic heterocycles. The molecule has 6 heteroatoms. The van der Waals surface area contributed by atoms with Crippen molar-refractivity contribution in [2.24, 2.45) is 11.8 Å². The van der Waals surface area contributed by atoms with Crippen molar-refractivity contribution in [3.05, 3.63) is 21.9 Å². The maximum absolute atomic E-state index is 12.4. The van der Waals surface area contributed by atoms with Gasteiger partial charge < -0.3 is 14.9 Å². The number of nitrogens with zero attached hydrogens (tertiary/aromatic N) is 2. The Morgan fingerprint density at radius 3 is 2.70 bits per heavy atom. The lowest BCUT2D eigenvalue weighted by atomic mass is 9.82. The minimum atomic E-state index is -0.798. The van der Waals surface area contributed by atoms with Gasteiger partial charge in [0.15, 0.2) is 0 Å². The van der Waals surface area contributed by atoms with Gasteiger partial charge >= 0.3 is 5.97 Å². The molecule has 4 aliphatic rings. The Balaban J connectivity index is 1.45. The van der Waals surface area contributed by atoms with Gasteiger partial charge in [0.25, 0.3) is 0 Å². The van der Waals surface area contributed by atoms with Crippen LogP contribution in [0.15, 0.2) is 12.1 Å². The smallest absolute Gasteiger partial charge is 0.348 e. The zero-order chi connectivity index (χ0) is 22.9. The molecule has 180 valence electrons. The van der Waals surface area contributed by atoms with Gasteiger partial charge in [-0.1, -0.05) is 25.8 Å². The van der Waals surface area contributed by atoms with Crippen LogP contribution < -0.4 is 4.90 Å². The molecule has 2 saturated heterocycles. The van der Waals surface area contributed by atoms with Gasteiger partial charge in [-0.15, -0.1) is 11.3 Å². The minimum absolute atomic E-state index is 0.305. The maximum atomic E-state index is 12.4. The summed E-state index contributed by atoms with van der Waals surface area (Å²) in [7, 11) is 0. The van der Waals surface area contributed by atoms with Crippen molar-refractivity contribution in [1.29, 1.82) is 0 Å². The van der Waals surface area contributed by atoms with Crippen molar-refractivity contribution >= 4 is 34.5 Å². The molecule has 1 amide bonds. The molecule has 1 N–H and O–H groups in total. The van der Waals surface area contributed by atoms with Gasteiger partial charge in [-0.05, 0) is 81.3 Å². The fourth-order valence-corrected chi connectivity index (χ4v) is 7.63. The van der Waals surface area contributed by atoms with Crippen LogP contribution in [0.25, 0.3) is 5.57 Å². The summed E-state index contributed by atoms with van der Waals surface area (Å²) in [5.41, 5.74) is 2.28. The number of thiophene rings is 1. The molecule has 5 nitrogen and oxygen atoms in total. The van der Waals surface area contributed by atoms with Crippen molar-refractivity contribution in [3.63, 3.8) is 0 Å². The Morgan fingerprint density at radius 2 is 1.97 bits per heavy atom. The lowest BCUT2D eigenvalue weighted by molar-refractivity contribution is -0.129. The second-order valence-corrected chi connectivity index (χ2v) is 11.9. The summed E-state index contributed by atoms with van der Waals surface area (Å²) < 4.78 is 0. The molecule has 3 fully saturated rings. The van der Waals surface area contributed by atoms with E-state index < -0.39 is 5.97 Å². The van der Waals surface area contributed by atoms with E-state index in [1.807, 2.05) is 0 Å². The van der Waals surface area contributed by atoms with E-state index in [0.29, 0.717) is 35.2 Å². The number of carbonyl (C=O) groups is 2. The SMILES string of the molecule is CC1CCC(CN(c2cc(C3=CCCCC3)sc2C(=O)O)C2CCN3C(=O)CCC3C2)CC1. The number of allylic oxidation sites excluding steroid dienone is 2. The van der Waals surface area contributed by atoms with Crippen LogP contribution in [-0.2, 0) is 4.79 Å². The summed E-state index contributed by atoms with van der Waals surface area (Å²) >= 11 is 1.47. The Hall–Kier alpha value is -1.82. The van der Waals surface area contributed by atoms with Crippen molar-refractivity contribution < 1.29 is 14.7 Å². The Labute approximate surface area is 201 Å². The first-order valence-electron chi connectivity index (χ1n) is 13.1. The second-order valence-electron chi connectivity index (χ2n) is 10.8. The molecule has 0 bridgehead atoms. The zero-order valence-electron chi connectivity index (χ0n) is 19.9. The Bertz CT molecular complexity index is 914. The summed E-state index contributed by atoms with van der Waals surface area (Å²) in [5.74, 6) is 0.944. The van der Waals surface area contributed by atoms with Crippen LogP contribution in [0.5, 0.6) is 0 Å². The molecule has 1 aromatic rings. The molecule has 0 spiro atoms. The molecule has 0 aromatic carbocycles. The molecular weight excluding hydrogens is 432 g/mol. The summed E-state index contributed by atoms with van der Waals surface area (Å²) in [4.78, 5) is 30.9. The monoisotopic (exact) mass is 470 g/mol. The second kappa shape index (κ2) is 9.81. The van der Waals surface area contributed by atoms with E-state index in [1.165, 1.54) is 55.4 Å². The topological polar surface area (TPSA) is 60.9 Å². The number of carboxylic acid groups (broad SMARTS) is 1. The highest BCUT2D eigenvalue weighted by Crippen LogP contribution is 2.42. The quantitative estimate of drug-likeness (QED) is 0.538. The fourth-order valence-electron chi connectivity index (χ4n) is 6.55. The van der Waals surface area contributed by atoms with E-state index in [1.54, 1.807) is 0 Å². The van der Waals surface area contributed by atoms with E-state index in [2.05, 4.69) is 28.9 Å². The van der Waals surface area contributed by atoms with E-state index in [-0.39, 0.29) is 0 Å². The molecular formula is C27H38N2O3S. The number of anilines is 1. The average Bonchev–Trinajstić information content (AvgIpc) is 3.43. The van der Waals surface area contributed by atoms with E-state index in [4.69, 9.17) is 0 Å². The number of hydrogen-bond acceptors (Lipinski definition) is 4. The zero-order valence-corrected chi connectivity index (χ0v) is 20.7. The number of fused-ring (bicyclic) bond motifs is 1. The van der Waals surface area contributed by atoms with Gasteiger partial charge in [0.1, 0.15) is 4.88 Å². The number of piperidine rings is 1. The average molecular weight is 471 g/mol. The molecule has 1 saturated carbocycles. The number of aromatic carboxylic acids is 1. The predicted molar refractivity (Wildman–Crippen MR) is 134 cm³/mol. The van der Waals surface area contributed by atoms with Gasteiger partial charge in [-0.25, -0.2) is 4.79 Å². The number of rotatable bonds is 6. The van der Waals surface area contributed by atoms with Gasteiger partial charge in [0, 0.05) is 36.5 Å². The summed E-state index contributed by atoms with van der Waals surface area (Å²) in [6.07, 6.45) is 15.5. The number of hydrogen-bond donors (Lipinski definition) is 1. The first-order chi connectivity index (χ1) is 16.0. The van der Waals surface area contributed by atoms with Crippen molar-refractivity contribution in [1.82, 2.24) is 4.90 Å². The normalized spacial score (nSPS) is 30.2. The van der Waals surface area contributed by atoms with Crippen molar-refractivity contribution in [2.45, 2.75) is 96.1 Å². The number of carbonyl (C=O) groups excluding carboxylic acids is 1. The minimum Gasteiger partial charge on any atom is -0.477 e. The molecule has 33 heavy (non-hydrogen) atoms. The molecule has 5 rings (SSSR count). The molecule has 2 unspecified atom stereocenters.